The Morgan fingerprint density at radius 3 is 2.34 bits per heavy atom. The molecule has 2 atom stereocenters. The van der Waals surface area contributed by atoms with Gasteiger partial charge in [-0.15, -0.1) is 0 Å². The molecule has 12 heteroatoms. The number of carbonyl (C=O) groups is 5. The minimum Gasteiger partial charge on any atom is -0.507 e. The number of hydrogen-bond acceptors (Lipinski definition) is 8. The van der Waals surface area contributed by atoms with E-state index in [0.717, 1.165) is 12.8 Å². The summed E-state index contributed by atoms with van der Waals surface area (Å²) in [5.74, 6) is -2.62. The summed E-state index contributed by atoms with van der Waals surface area (Å²) in [7, 11) is 0. The van der Waals surface area contributed by atoms with Crippen molar-refractivity contribution >= 4 is 29.8 Å². The lowest BCUT2D eigenvalue weighted by Gasteiger charge is -2.35. The molecule has 0 aliphatic carbocycles. The van der Waals surface area contributed by atoms with E-state index in [0.29, 0.717) is 12.0 Å². The second-order valence-corrected chi connectivity index (χ2v) is 10.7. The number of rotatable bonds is 16. The zero-order valence-electron chi connectivity index (χ0n) is 25.1. The smallest absolute Gasteiger partial charge is 0.408 e. The molecule has 2 unspecified atom stereocenters. The fraction of sp³-hybridized carbons (Fsp3) is 0.621. The standard InChI is InChI=1S/C29H46N4O8/c1-7-9-10-18-33(27(38)21(14-15-22(30)34)32-28(39)41-29(4,5)6)24(20-13-11-12-19(3)25(20)36)26(37)31-17-16-23(35)40-8-2/h11-13,21,24,36H,7-10,14-18H2,1-6H3,(H2,30,34)(H,31,37)(H,32,39). The van der Waals surface area contributed by atoms with E-state index >= 15 is 0 Å². The van der Waals surface area contributed by atoms with Crippen LogP contribution in [0.3, 0.4) is 0 Å². The monoisotopic (exact) mass is 578 g/mol. The quantitative estimate of drug-likeness (QED) is 0.171. The summed E-state index contributed by atoms with van der Waals surface area (Å²) in [6.45, 7) is 10.6. The van der Waals surface area contributed by atoms with Gasteiger partial charge in [-0.1, -0.05) is 38.0 Å². The van der Waals surface area contributed by atoms with Crippen molar-refractivity contribution in [3.8, 4) is 5.75 Å². The summed E-state index contributed by atoms with van der Waals surface area (Å²) in [5, 5.41) is 16.1. The highest BCUT2D eigenvalue weighted by molar-refractivity contribution is 5.93. The molecule has 230 valence electrons. The van der Waals surface area contributed by atoms with Gasteiger partial charge in [0.25, 0.3) is 0 Å². The number of aromatic hydroxyl groups is 1. The average Bonchev–Trinajstić information content (AvgIpc) is 2.86. The number of nitrogens with zero attached hydrogens (tertiary/aromatic N) is 1. The Balaban J connectivity index is 3.53. The Morgan fingerprint density at radius 1 is 1.07 bits per heavy atom. The zero-order valence-corrected chi connectivity index (χ0v) is 25.1. The summed E-state index contributed by atoms with van der Waals surface area (Å²) in [6, 6.07) is 2.30. The number of phenolic OH excluding ortho intramolecular Hbond substituents is 1. The molecule has 0 fully saturated rings. The molecule has 0 heterocycles. The van der Waals surface area contributed by atoms with Gasteiger partial charge in [0.15, 0.2) is 0 Å². The van der Waals surface area contributed by atoms with E-state index in [4.69, 9.17) is 15.2 Å². The molecule has 4 amide bonds. The first-order chi connectivity index (χ1) is 19.2. The van der Waals surface area contributed by atoms with Crippen LogP contribution < -0.4 is 16.4 Å². The van der Waals surface area contributed by atoms with Gasteiger partial charge >= 0.3 is 12.1 Å². The molecule has 0 aliphatic heterocycles. The number of nitrogens with two attached hydrogens (primary N) is 1. The molecule has 5 N–H and O–H groups in total. The van der Waals surface area contributed by atoms with Crippen molar-refractivity contribution < 1.29 is 38.6 Å². The lowest BCUT2D eigenvalue weighted by molar-refractivity contribution is -0.144. The predicted molar refractivity (Wildman–Crippen MR) is 153 cm³/mol. The maximum Gasteiger partial charge on any atom is 0.408 e. The zero-order chi connectivity index (χ0) is 31.2. The summed E-state index contributed by atoms with van der Waals surface area (Å²) in [5.41, 5.74) is 5.16. The van der Waals surface area contributed by atoms with Gasteiger partial charge in [0.2, 0.25) is 17.7 Å². The van der Waals surface area contributed by atoms with Crippen LogP contribution in [-0.4, -0.2) is 71.1 Å². The van der Waals surface area contributed by atoms with Gasteiger partial charge in [-0.25, -0.2) is 4.79 Å². The largest absolute Gasteiger partial charge is 0.507 e. The average molecular weight is 579 g/mol. The first-order valence-corrected chi connectivity index (χ1v) is 14.0. The molecule has 0 aromatic heterocycles. The van der Waals surface area contributed by atoms with E-state index in [1.807, 2.05) is 6.92 Å². The van der Waals surface area contributed by atoms with Gasteiger partial charge < -0.3 is 35.8 Å². The van der Waals surface area contributed by atoms with Crippen LogP contribution in [0.15, 0.2) is 18.2 Å². The van der Waals surface area contributed by atoms with Crippen LogP contribution in [0, 0.1) is 6.92 Å². The van der Waals surface area contributed by atoms with Gasteiger partial charge in [-0.2, -0.15) is 0 Å². The minimum absolute atomic E-state index is 0.0566. The second kappa shape index (κ2) is 17.1. The molecule has 41 heavy (non-hydrogen) atoms. The van der Waals surface area contributed by atoms with Crippen molar-refractivity contribution in [2.24, 2.45) is 5.73 Å². The predicted octanol–water partition coefficient (Wildman–Crippen LogP) is 2.99. The number of esters is 1. The normalized spacial score (nSPS) is 12.5. The number of alkyl carbamates (subject to hydrolysis) is 1. The molecular weight excluding hydrogens is 532 g/mol. The third-order valence-corrected chi connectivity index (χ3v) is 6.01. The number of ether oxygens (including phenoxy) is 2. The topological polar surface area (TPSA) is 177 Å². The van der Waals surface area contributed by atoms with Gasteiger partial charge in [-0.3, -0.25) is 19.2 Å². The van der Waals surface area contributed by atoms with Gasteiger partial charge in [0.1, 0.15) is 23.4 Å². The molecule has 0 aliphatic rings. The highest BCUT2D eigenvalue weighted by atomic mass is 16.6. The number of carbonyl (C=O) groups excluding carboxylic acids is 5. The van der Waals surface area contributed by atoms with E-state index in [1.165, 1.54) is 11.0 Å². The molecule has 1 rings (SSSR count). The third kappa shape index (κ3) is 12.5. The van der Waals surface area contributed by atoms with Crippen LogP contribution in [0.5, 0.6) is 5.75 Å². The maximum atomic E-state index is 14.1. The molecule has 0 spiro atoms. The fourth-order valence-corrected chi connectivity index (χ4v) is 4.06. The van der Waals surface area contributed by atoms with Crippen molar-refractivity contribution in [1.29, 1.82) is 0 Å². The molecule has 1 aromatic rings. The number of amides is 4. The Kier molecular flexibility index (Phi) is 14.7. The van der Waals surface area contributed by atoms with E-state index in [-0.39, 0.29) is 50.3 Å². The molecular formula is C29H46N4O8. The van der Waals surface area contributed by atoms with Crippen LogP contribution in [0.1, 0.15) is 90.3 Å². The highest BCUT2D eigenvalue weighted by Gasteiger charge is 2.37. The second-order valence-electron chi connectivity index (χ2n) is 10.7. The highest BCUT2D eigenvalue weighted by Crippen LogP contribution is 2.32. The number of phenols is 1. The Labute approximate surface area is 242 Å². The van der Waals surface area contributed by atoms with Gasteiger partial charge in [0.05, 0.1) is 13.0 Å². The van der Waals surface area contributed by atoms with Gasteiger partial charge in [-0.05, 0) is 53.0 Å². The maximum absolute atomic E-state index is 14.1. The van der Waals surface area contributed by atoms with Crippen molar-refractivity contribution in [2.45, 2.75) is 97.8 Å². The van der Waals surface area contributed by atoms with Crippen LogP contribution in [0.2, 0.25) is 0 Å². The third-order valence-electron chi connectivity index (χ3n) is 6.01. The number of primary amides is 1. The molecule has 0 saturated carbocycles. The fourth-order valence-electron chi connectivity index (χ4n) is 4.06. The lowest BCUT2D eigenvalue weighted by atomic mass is 9.98. The van der Waals surface area contributed by atoms with E-state index in [1.54, 1.807) is 46.8 Å². The molecule has 0 bridgehead atoms. The van der Waals surface area contributed by atoms with Gasteiger partial charge in [0, 0.05) is 25.1 Å². The summed E-state index contributed by atoms with van der Waals surface area (Å²) >= 11 is 0. The van der Waals surface area contributed by atoms with E-state index in [9.17, 15) is 29.1 Å². The van der Waals surface area contributed by atoms with Crippen LogP contribution >= 0.6 is 0 Å². The summed E-state index contributed by atoms with van der Waals surface area (Å²) < 4.78 is 10.2. The lowest BCUT2D eigenvalue weighted by Crippen LogP contribution is -2.53. The van der Waals surface area contributed by atoms with Crippen molar-refractivity contribution in [3.63, 3.8) is 0 Å². The Hall–Kier alpha value is -3.83. The summed E-state index contributed by atoms with van der Waals surface area (Å²) in [6.07, 6.45) is 0.799. The SMILES string of the molecule is CCCCCN(C(=O)C(CCC(N)=O)NC(=O)OC(C)(C)C)C(C(=O)NCCC(=O)OCC)c1cccc(C)c1O. The summed E-state index contributed by atoms with van der Waals surface area (Å²) in [4.78, 5) is 65.1. The molecule has 1 aromatic carbocycles. The van der Waals surface area contributed by atoms with E-state index in [2.05, 4.69) is 10.6 Å². The minimum atomic E-state index is -1.31. The van der Waals surface area contributed by atoms with E-state index < -0.39 is 47.5 Å². The number of hydrogen-bond donors (Lipinski definition) is 4. The molecule has 0 saturated heterocycles. The van der Waals surface area contributed by atoms with Crippen LogP contribution in [0.4, 0.5) is 4.79 Å². The van der Waals surface area contributed by atoms with Crippen molar-refractivity contribution in [3.05, 3.63) is 29.3 Å². The first kappa shape index (κ1) is 35.2. The Bertz CT molecular complexity index is 1050. The van der Waals surface area contributed by atoms with Crippen molar-refractivity contribution in [1.82, 2.24) is 15.5 Å². The van der Waals surface area contributed by atoms with Crippen LogP contribution in [-0.2, 0) is 28.7 Å². The van der Waals surface area contributed by atoms with Crippen LogP contribution in [0.25, 0.3) is 0 Å². The number of aryl methyl sites for hydroxylation is 1. The van der Waals surface area contributed by atoms with Crippen molar-refractivity contribution in [2.75, 3.05) is 19.7 Å². The molecule has 12 nitrogen and oxygen atoms in total. The number of para-hydroxylation sites is 1. The number of nitrogens with one attached hydrogen (secondary N) is 2. The Morgan fingerprint density at radius 2 is 1.76 bits per heavy atom. The first-order valence-electron chi connectivity index (χ1n) is 14.0. The number of benzene rings is 1. The molecule has 0 radical (unpaired) electrons. The number of unbranched alkanes of at least 4 members (excludes halogenated alkanes) is 2.